The number of carbonyl (C=O) groups is 1. The third-order valence-corrected chi connectivity index (χ3v) is 1.58. The van der Waals surface area contributed by atoms with E-state index in [1.165, 1.54) is 0 Å². The van der Waals surface area contributed by atoms with Crippen LogP contribution in [0, 0.1) is 13.8 Å². The summed E-state index contributed by atoms with van der Waals surface area (Å²) in [4.78, 5) is 10.8. The third kappa shape index (κ3) is 1.08. The minimum Gasteiger partial charge on any atom is -0.298 e. The van der Waals surface area contributed by atoms with Gasteiger partial charge in [-0.05, 0) is 25.0 Å². The van der Waals surface area contributed by atoms with Crippen molar-refractivity contribution >= 4 is 6.26 Å². The van der Waals surface area contributed by atoms with Gasteiger partial charge in [0.1, 0.15) is 1.37 Å². The molecule has 0 atom stereocenters. The summed E-state index contributed by atoms with van der Waals surface area (Å²) in [6, 6.07) is 5.57. The highest BCUT2D eigenvalue weighted by atomic mass is 16.1. The second-order valence-electron chi connectivity index (χ2n) is 2.37. The zero-order valence-corrected chi connectivity index (χ0v) is 6.14. The van der Waals surface area contributed by atoms with E-state index in [0.717, 1.165) is 11.1 Å². The molecule has 1 aromatic rings. The van der Waals surface area contributed by atoms with Gasteiger partial charge in [0.2, 0.25) is 0 Å². The molecule has 0 aromatic heterocycles. The average molecular weight is 135 g/mol. The molecule has 0 N–H and O–H groups in total. The standard InChI is InChI=1S/C9H10O/c1-7-4-3-5-8(2)9(7)6-10/h3-6H,1-2H3/i6D. The number of hydrogen-bond acceptors (Lipinski definition) is 1. The summed E-state index contributed by atoms with van der Waals surface area (Å²) in [5, 5.41) is 0. The highest BCUT2D eigenvalue weighted by Gasteiger charge is 1.97. The normalized spacial score (nSPS) is 10.8. The van der Waals surface area contributed by atoms with Gasteiger partial charge in [-0.1, -0.05) is 18.2 Å². The molecule has 1 nitrogen and oxygen atoms in total. The molecule has 0 spiro atoms. The van der Waals surface area contributed by atoms with Crippen molar-refractivity contribution in [2.75, 3.05) is 0 Å². The molecule has 0 saturated heterocycles. The predicted molar refractivity (Wildman–Crippen MR) is 41.3 cm³/mol. The summed E-state index contributed by atoms with van der Waals surface area (Å²) in [5.74, 6) is 0. The molecule has 0 heterocycles. The van der Waals surface area contributed by atoms with Gasteiger partial charge < -0.3 is 0 Å². The quantitative estimate of drug-likeness (QED) is 0.539. The Kier molecular flexibility index (Phi) is 1.50. The van der Waals surface area contributed by atoms with Crippen LogP contribution >= 0.6 is 0 Å². The molecule has 0 saturated carbocycles. The zero-order valence-electron chi connectivity index (χ0n) is 7.14. The van der Waals surface area contributed by atoms with E-state index < -0.39 is 6.26 Å². The van der Waals surface area contributed by atoms with Crippen molar-refractivity contribution in [1.29, 1.82) is 0 Å². The first-order valence-corrected chi connectivity index (χ1v) is 3.20. The molecule has 0 aliphatic heterocycles. The Hall–Kier alpha value is -1.11. The lowest BCUT2D eigenvalue weighted by atomic mass is 10.1. The molecule has 0 bridgehead atoms. The molecule has 0 aliphatic carbocycles. The van der Waals surface area contributed by atoms with Crippen molar-refractivity contribution in [2.24, 2.45) is 0 Å². The van der Waals surface area contributed by atoms with E-state index in [0.29, 0.717) is 5.56 Å². The van der Waals surface area contributed by atoms with Crippen LogP contribution in [0.25, 0.3) is 0 Å². The van der Waals surface area contributed by atoms with Crippen molar-refractivity contribution in [2.45, 2.75) is 13.8 Å². The number of aryl methyl sites for hydroxylation is 2. The molecule has 0 aliphatic rings. The smallest absolute Gasteiger partial charge is 0.150 e. The van der Waals surface area contributed by atoms with Gasteiger partial charge in [0, 0.05) is 5.56 Å². The van der Waals surface area contributed by atoms with Crippen molar-refractivity contribution in [3.8, 4) is 0 Å². The minimum absolute atomic E-state index is 0.535. The highest BCUT2D eigenvalue weighted by molar-refractivity contribution is 5.79. The van der Waals surface area contributed by atoms with E-state index in [1.54, 1.807) is 0 Å². The van der Waals surface area contributed by atoms with Crippen LogP contribution < -0.4 is 0 Å². The topological polar surface area (TPSA) is 17.1 Å². The summed E-state index contributed by atoms with van der Waals surface area (Å²) < 4.78 is 6.96. The highest BCUT2D eigenvalue weighted by Crippen LogP contribution is 2.09. The molecular weight excluding hydrogens is 124 g/mol. The van der Waals surface area contributed by atoms with Gasteiger partial charge in [-0.25, -0.2) is 0 Å². The summed E-state index contributed by atoms with van der Waals surface area (Å²) in [6.45, 7) is 3.68. The van der Waals surface area contributed by atoms with Crippen molar-refractivity contribution < 1.29 is 6.17 Å². The molecule has 52 valence electrons. The van der Waals surface area contributed by atoms with E-state index in [9.17, 15) is 4.79 Å². The molecule has 0 fully saturated rings. The molecule has 10 heavy (non-hydrogen) atoms. The fourth-order valence-electron chi connectivity index (χ4n) is 0.975. The van der Waals surface area contributed by atoms with Gasteiger partial charge in [-0.2, -0.15) is 0 Å². The Morgan fingerprint density at radius 2 is 1.90 bits per heavy atom. The van der Waals surface area contributed by atoms with Crippen LogP contribution in [0.1, 0.15) is 22.9 Å². The van der Waals surface area contributed by atoms with Gasteiger partial charge in [0.15, 0.2) is 6.26 Å². The number of benzene rings is 1. The van der Waals surface area contributed by atoms with E-state index in [1.807, 2.05) is 32.0 Å². The SMILES string of the molecule is [2H]C(=O)c1c(C)cccc1C. The minimum atomic E-state index is -0.597. The monoisotopic (exact) mass is 135 g/mol. The van der Waals surface area contributed by atoms with E-state index in [4.69, 9.17) is 1.37 Å². The van der Waals surface area contributed by atoms with Crippen LogP contribution in [0.5, 0.6) is 0 Å². The molecule has 0 radical (unpaired) electrons. The van der Waals surface area contributed by atoms with Gasteiger partial charge in [-0.15, -0.1) is 0 Å². The Morgan fingerprint density at radius 1 is 1.40 bits per heavy atom. The van der Waals surface area contributed by atoms with Crippen LogP contribution in [-0.4, -0.2) is 6.26 Å². The number of hydrogen-bond donors (Lipinski definition) is 0. The van der Waals surface area contributed by atoms with Crippen molar-refractivity contribution in [1.82, 2.24) is 0 Å². The second kappa shape index (κ2) is 2.65. The lowest BCUT2D eigenvalue weighted by Gasteiger charge is -1.99. The molecule has 1 heteroatoms. The molecule has 1 rings (SSSR count). The van der Waals surface area contributed by atoms with Gasteiger partial charge in [0.25, 0.3) is 0 Å². The van der Waals surface area contributed by atoms with Gasteiger partial charge in [-0.3, -0.25) is 4.79 Å². The fourth-order valence-corrected chi connectivity index (χ4v) is 0.975. The lowest BCUT2D eigenvalue weighted by molar-refractivity contribution is 0.112. The maximum absolute atomic E-state index is 10.8. The summed E-state index contributed by atoms with van der Waals surface area (Å²) >= 11 is 0. The average Bonchev–Trinajstić information content (AvgIpc) is 1.85. The van der Waals surface area contributed by atoms with Crippen molar-refractivity contribution in [3.63, 3.8) is 0 Å². The summed E-state index contributed by atoms with van der Waals surface area (Å²) in [5.41, 5.74) is 2.29. The van der Waals surface area contributed by atoms with Gasteiger partial charge in [0.05, 0.1) is 0 Å². The maximum atomic E-state index is 10.8. The maximum Gasteiger partial charge on any atom is 0.150 e. The first-order chi connectivity index (χ1) is 5.13. The lowest BCUT2D eigenvalue weighted by Crippen LogP contribution is -1.89. The van der Waals surface area contributed by atoms with Crippen LogP contribution in [0.2, 0.25) is 0 Å². The Balaban J connectivity index is 3.32. The molecule has 0 unspecified atom stereocenters. The first kappa shape index (κ1) is 5.66. The number of aldehydes is 1. The van der Waals surface area contributed by atoms with E-state index in [2.05, 4.69) is 0 Å². The van der Waals surface area contributed by atoms with E-state index in [-0.39, 0.29) is 0 Å². The van der Waals surface area contributed by atoms with Crippen LogP contribution in [0.4, 0.5) is 0 Å². The van der Waals surface area contributed by atoms with Gasteiger partial charge >= 0.3 is 0 Å². The molecular formula is C9H10O. The number of rotatable bonds is 1. The number of carbonyl (C=O) groups excluding carboxylic acids is 1. The Bertz CT molecular complexity index is 271. The largest absolute Gasteiger partial charge is 0.298 e. The third-order valence-electron chi connectivity index (χ3n) is 1.58. The fraction of sp³-hybridized carbons (Fsp3) is 0.222. The predicted octanol–water partition coefficient (Wildman–Crippen LogP) is 2.12. The summed E-state index contributed by atoms with van der Waals surface area (Å²) in [7, 11) is 0. The van der Waals surface area contributed by atoms with Crippen LogP contribution in [0.3, 0.4) is 0 Å². The zero-order chi connectivity index (χ0) is 8.43. The Labute approximate surface area is 62.1 Å². The molecule has 0 amide bonds. The second-order valence-corrected chi connectivity index (χ2v) is 2.37. The Morgan fingerprint density at radius 3 is 2.20 bits per heavy atom. The van der Waals surface area contributed by atoms with Crippen molar-refractivity contribution in [3.05, 3.63) is 34.9 Å². The molecule has 1 aromatic carbocycles. The van der Waals surface area contributed by atoms with Crippen LogP contribution in [-0.2, 0) is 0 Å². The summed E-state index contributed by atoms with van der Waals surface area (Å²) in [6.07, 6.45) is -0.597. The van der Waals surface area contributed by atoms with E-state index >= 15 is 0 Å². The van der Waals surface area contributed by atoms with Crippen LogP contribution in [0.15, 0.2) is 18.2 Å². The first-order valence-electron chi connectivity index (χ1n) is 3.70.